The van der Waals surface area contributed by atoms with Crippen LogP contribution in [-0.4, -0.2) is 43.4 Å². The van der Waals surface area contributed by atoms with Gasteiger partial charge < -0.3 is 4.90 Å². The Morgan fingerprint density at radius 2 is 1.58 bits per heavy atom. The van der Waals surface area contributed by atoms with E-state index < -0.39 is 0 Å². The van der Waals surface area contributed by atoms with Crippen LogP contribution in [0.1, 0.15) is 16.8 Å². The van der Waals surface area contributed by atoms with Gasteiger partial charge in [-0.05, 0) is 36.4 Å². The van der Waals surface area contributed by atoms with Crippen molar-refractivity contribution < 1.29 is 4.79 Å². The van der Waals surface area contributed by atoms with Crippen molar-refractivity contribution in [1.29, 1.82) is 0 Å². The van der Waals surface area contributed by atoms with Gasteiger partial charge in [0.25, 0.3) is 0 Å². The molecule has 0 amide bonds. The molecule has 2 aromatic rings. The second-order valence-corrected chi connectivity index (χ2v) is 7.34. The highest BCUT2D eigenvalue weighted by Gasteiger charge is 2.18. The van der Waals surface area contributed by atoms with E-state index in [9.17, 15) is 4.79 Å². The van der Waals surface area contributed by atoms with Crippen LogP contribution in [0, 0.1) is 0 Å². The third-order valence-corrected chi connectivity index (χ3v) is 5.17. The first kappa shape index (κ1) is 17.5. The van der Waals surface area contributed by atoms with E-state index >= 15 is 0 Å². The van der Waals surface area contributed by atoms with Gasteiger partial charge >= 0.3 is 0 Å². The number of hydrogen-bond donors (Lipinski definition) is 0. The van der Waals surface area contributed by atoms with E-state index in [0.29, 0.717) is 6.42 Å². The summed E-state index contributed by atoms with van der Waals surface area (Å²) >= 11 is 9.34. The molecule has 3 nitrogen and oxygen atoms in total. The van der Waals surface area contributed by atoms with Crippen LogP contribution in [0.2, 0.25) is 5.02 Å². The highest BCUT2D eigenvalue weighted by molar-refractivity contribution is 9.10. The van der Waals surface area contributed by atoms with E-state index in [1.807, 2.05) is 36.4 Å². The second-order valence-electron chi connectivity index (χ2n) is 5.99. The molecule has 0 N–H and O–H groups in total. The highest BCUT2D eigenvalue weighted by atomic mass is 79.9. The van der Waals surface area contributed by atoms with Crippen molar-refractivity contribution in [2.75, 3.05) is 37.6 Å². The van der Waals surface area contributed by atoms with Crippen molar-refractivity contribution >= 4 is 39.0 Å². The molecule has 0 saturated carbocycles. The molecule has 0 spiro atoms. The topological polar surface area (TPSA) is 23.6 Å². The summed E-state index contributed by atoms with van der Waals surface area (Å²) < 4.78 is 0.998. The molecule has 5 heteroatoms. The lowest BCUT2D eigenvalue weighted by atomic mass is 10.1. The van der Waals surface area contributed by atoms with Crippen LogP contribution in [0.25, 0.3) is 0 Å². The lowest BCUT2D eigenvalue weighted by molar-refractivity contribution is 0.0962. The predicted octanol–water partition coefficient (Wildman–Crippen LogP) is 4.50. The molecule has 3 rings (SSSR count). The van der Waals surface area contributed by atoms with Crippen LogP contribution in [0.4, 0.5) is 5.69 Å². The van der Waals surface area contributed by atoms with Gasteiger partial charge in [0.1, 0.15) is 0 Å². The van der Waals surface area contributed by atoms with E-state index in [0.717, 1.165) is 47.8 Å². The minimum absolute atomic E-state index is 0.211. The first-order valence-electron chi connectivity index (χ1n) is 8.13. The zero-order chi connectivity index (χ0) is 16.9. The fourth-order valence-corrected chi connectivity index (χ4v) is 3.31. The van der Waals surface area contributed by atoms with E-state index in [1.165, 1.54) is 5.69 Å². The number of ketones is 1. The zero-order valence-corrected chi connectivity index (χ0v) is 15.8. The van der Waals surface area contributed by atoms with Crippen molar-refractivity contribution in [3.05, 3.63) is 63.6 Å². The van der Waals surface area contributed by atoms with Crippen LogP contribution in [-0.2, 0) is 0 Å². The molecule has 0 aromatic heterocycles. The maximum absolute atomic E-state index is 12.3. The Kier molecular flexibility index (Phi) is 5.93. The summed E-state index contributed by atoms with van der Waals surface area (Å²) in [5, 5.41) is 0.767. The minimum atomic E-state index is 0.211. The standard InChI is InChI=1S/C19H20BrClN2O/c20-16-3-1-15(2-4-16)19(24)9-10-22-11-13-23(14-12-22)18-7-5-17(21)6-8-18/h1-8H,9-14H2. The summed E-state index contributed by atoms with van der Waals surface area (Å²) in [5.41, 5.74) is 2.00. The predicted molar refractivity (Wildman–Crippen MR) is 103 cm³/mol. The average molecular weight is 408 g/mol. The molecule has 0 aliphatic carbocycles. The van der Waals surface area contributed by atoms with Crippen LogP contribution in [0.15, 0.2) is 53.0 Å². The van der Waals surface area contributed by atoms with Crippen molar-refractivity contribution in [1.82, 2.24) is 4.90 Å². The first-order valence-corrected chi connectivity index (χ1v) is 9.30. The van der Waals surface area contributed by atoms with Crippen molar-refractivity contribution in [3.63, 3.8) is 0 Å². The summed E-state index contributed by atoms with van der Waals surface area (Å²) in [6, 6.07) is 15.6. The Hall–Kier alpha value is -1.36. The number of anilines is 1. The largest absolute Gasteiger partial charge is 0.369 e. The molecule has 2 aromatic carbocycles. The number of piperazine rings is 1. The zero-order valence-electron chi connectivity index (χ0n) is 13.4. The maximum atomic E-state index is 12.3. The Labute approximate surface area is 156 Å². The van der Waals surface area contributed by atoms with Gasteiger partial charge in [0, 0.05) is 59.9 Å². The molecule has 24 heavy (non-hydrogen) atoms. The monoisotopic (exact) mass is 406 g/mol. The maximum Gasteiger partial charge on any atom is 0.164 e. The quantitative estimate of drug-likeness (QED) is 0.682. The smallest absolute Gasteiger partial charge is 0.164 e. The molecule has 0 bridgehead atoms. The molecule has 0 atom stereocenters. The van der Waals surface area contributed by atoms with Gasteiger partial charge in [-0.2, -0.15) is 0 Å². The highest BCUT2D eigenvalue weighted by Crippen LogP contribution is 2.19. The molecule has 0 unspecified atom stereocenters. The number of carbonyl (C=O) groups excluding carboxylic acids is 1. The van der Waals surface area contributed by atoms with E-state index in [2.05, 4.69) is 37.9 Å². The molecule has 1 aliphatic rings. The van der Waals surface area contributed by atoms with Crippen molar-refractivity contribution in [2.45, 2.75) is 6.42 Å². The van der Waals surface area contributed by atoms with Gasteiger partial charge in [-0.15, -0.1) is 0 Å². The van der Waals surface area contributed by atoms with Crippen LogP contribution in [0.3, 0.4) is 0 Å². The Morgan fingerprint density at radius 1 is 0.958 bits per heavy atom. The van der Waals surface area contributed by atoms with Gasteiger partial charge in [-0.1, -0.05) is 39.7 Å². The van der Waals surface area contributed by atoms with Gasteiger partial charge in [0.05, 0.1) is 0 Å². The average Bonchev–Trinajstić information content (AvgIpc) is 2.61. The summed E-state index contributed by atoms with van der Waals surface area (Å²) in [6.07, 6.45) is 0.572. The Balaban J connectivity index is 1.46. The lowest BCUT2D eigenvalue weighted by Gasteiger charge is -2.36. The fraction of sp³-hybridized carbons (Fsp3) is 0.316. The van der Waals surface area contributed by atoms with Gasteiger partial charge in [0.15, 0.2) is 5.78 Å². The van der Waals surface area contributed by atoms with E-state index in [1.54, 1.807) is 0 Å². The summed E-state index contributed by atoms with van der Waals surface area (Å²) in [6.45, 7) is 4.75. The van der Waals surface area contributed by atoms with Gasteiger partial charge in [-0.25, -0.2) is 0 Å². The Bertz CT molecular complexity index is 680. The van der Waals surface area contributed by atoms with Crippen LogP contribution >= 0.6 is 27.5 Å². The van der Waals surface area contributed by atoms with Crippen molar-refractivity contribution in [2.24, 2.45) is 0 Å². The SMILES string of the molecule is O=C(CCN1CCN(c2ccc(Cl)cc2)CC1)c1ccc(Br)cc1. The fourth-order valence-electron chi connectivity index (χ4n) is 2.92. The normalized spacial score (nSPS) is 15.5. The van der Waals surface area contributed by atoms with E-state index in [-0.39, 0.29) is 5.78 Å². The lowest BCUT2D eigenvalue weighted by Crippen LogP contribution is -2.46. The molecular weight excluding hydrogens is 388 g/mol. The number of nitrogens with zero attached hydrogens (tertiary/aromatic N) is 2. The summed E-state index contributed by atoms with van der Waals surface area (Å²) in [4.78, 5) is 17.0. The second kappa shape index (κ2) is 8.15. The Morgan fingerprint density at radius 3 is 2.21 bits per heavy atom. The van der Waals surface area contributed by atoms with E-state index in [4.69, 9.17) is 11.6 Å². The third-order valence-electron chi connectivity index (χ3n) is 4.39. The van der Waals surface area contributed by atoms with Crippen molar-refractivity contribution in [3.8, 4) is 0 Å². The van der Waals surface area contributed by atoms with Crippen LogP contribution < -0.4 is 4.90 Å². The minimum Gasteiger partial charge on any atom is -0.369 e. The van der Waals surface area contributed by atoms with Crippen LogP contribution in [0.5, 0.6) is 0 Å². The molecule has 126 valence electrons. The first-order chi connectivity index (χ1) is 11.6. The number of rotatable bonds is 5. The van der Waals surface area contributed by atoms with Gasteiger partial charge in [0.2, 0.25) is 0 Å². The number of carbonyl (C=O) groups is 1. The summed E-state index contributed by atoms with van der Waals surface area (Å²) in [5.74, 6) is 0.211. The van der Waals surface area contributed by atoms with Gasteiger partial charge in [-0.3, -0.25) is 9.69 Å². The number of hydrogen-bond acceptors (Lipinski definition) is 3. The number of benzene rings is 2. The molecule has 0 radical (unpaired) electrons. The third kappa shape index (κ3) is 4.59. The molecule has 1 heterocycles. The number of Topliss-reactive ketones (excluding diaryl/α,β-unsaturated/α-hetero) is 1. The summed E-state index contributed by atoms with van der Waals surface area (Å²) in [7, 11) is 0. The molecule has 1 saturated heterocycles. The molecule has 1 aliphatic heterocycles. The molecular formula is C19H20BrClN2O. The number of halogens is 2. The molecule has 1 fully saturated rings.